The number of likely N-dealkylation sites (tertiary alicyclic amines) is 1. The second-order valence-electron chi connectivity index (χ2n) is 6.91. The number of hydrogen-bond donors (Lipinski definition) is 0. The molecule has 3 rings (SSSR count). The van der Waals surface area contributed by atoms with E-state index in [4.69, 9.17) is 4.74 Å². The number of carbonyl (C=O) groups excluding carboxylic acids is 1. The zero-order valence-corrected chi connectivity index (χ0v) is 14.2. The molecule has 1 atom stereocenters. The molecule has 2 aliphatic heterocycles. The summed E-state index contributed by atoms with van der Waals surface area (Å²) in [5.41, 5.74) is 0.918. The molecular weight excluding hydrogens is 292 g/mol. The Hall–Kier alpha value is -1.69. The van der Waals surface area contributed by atoms with Crippen LogP contribution in [0.4, 0.5) is 10.6 Å². The van der Waals surface area contributed by atoms with Gasteiger partial charge in [-0.3, -0.25) is 9.88 Å². The third kappa shape index (κ3) is 3.63. The van der Waals surface area contributed by atoms with E-state index in [1.165, 1.54) is 12.8 Å². The van der Waals surface area contributed by atoms with Crippen molar-refractivity contribution in [1.29, 1.82) is 0 Å². The summed E-state index contributed by atoms with van der Waals surface area (Å²) in [5, 5.41) is 0. The second-order valence-corrected chi connectivity index (χ2v) is 6.91. The average Bonchev–Trinajstić information content (AvgIpc) is 2.87. The van der Waals surface area contributed by atoms with Crippen LogP contribution in [0.5, 0.6) is 0 Å². The van der Waals surface area contributed by atoms with Crippen LogP contribution in [-0.2, 0) is 11.2 Å². The molecule has 1 aromatic rings. The van der Waals surface area contributed by atoms with Crippen molar-refractivity contribution in [1.82, 2.24) is 14.9 Å². The average molecular weight is 318 g/mol. The lowest BCUT2D eigenvalue weighted by Crippen LogP contribution is -2.39. The summed E-state index contributed by atoms with van der Waals surface area (Å²) in [6.07, 6.45) is 6.20. The number of rotatable bonds is 4. The Morgan fingerprint density at radius 2 is 1.96 bits per heavy atom. The van der Waals surface area contributed by atoms with Gasteiger partial charge in [0.05, 0.1) is 12.2 Å². The number of hydrogen-bond acceptors (Lipinski definition) is 5. The maximum absolute atomic E-state index is 12.0. The van der Waals surface area contributed by atoms with Gasteiger partial charge in [0.1, 0.15) is 6.10 Å². The summed E-state index contributed by atoms with van der Waals surface area (Å²) >= 11 is 0. The minimum atomic E-state index is -0.311. The van der Waals surface area contributed by atoms with Gasteiger partial charge in [0.25, 0.3) is 0 Å². The number of nitrogens with zero attached hydrogens (tertiary/aromatic N) is 4. The molecule has 23 heavy (non-hydrogen) atoms. The van der Waals surface area contributed by atoms with Gasteiger partial charge in [-0.25, -0.2) is 9.78 Å². The molecule has 6 nitrogen and oxygen atoms in total. The maximum Gasteiger partial charge on any atom is 0.415 e. The summed E-state index contributed by atoms with van der Waals surface area (Å²) in [4.78, 5) is 25.0. The Bertz CT molecular complexity index is 555. The monoisotopic (exact) mass is 318 g/mol. The number of amides is 1. The lowest BCUT2D eigenvalue weighted by Gasteiger charge is -2.34. The standard InChI is InChI=1S/C17H26N4O2/c1-12(2)20-8-4-14(5-9-20)10-15-16(19-7-6-18-15)21-11-13(3)23-17(21)22/h6-7,12-14H,4-5,8-11H2,1-3H3/t13-/m1/s1. The Kier molecular flexibility index (Phi) is 4.80. The first-order valence-electron chi connectivity index (χ1n) is 8.56. The van der Waals surface area contributed by atoms with Crippen LogP contribution in [0.15, 0.2) is 12.4 Å². The molecule has 2 saturated heterocycles. The lowest BCUT2D eigenvalue weighted by atomic mass is 9.91. The lowest BCUT2D eigenvalue weighted by molar-refractivity contribution is 0.148. The maximum atomic E-state index is 12.0. The highest BCUT2D eigenvalue weighted by atomic mass is 16.6. The summed E-state index contributed by atoms with van der Waals surface area (Å²) in [6.45, 7) is 9.23. The third-order valence-electron chi connectivity index (χ3n) is 4.83. The topological polar surface area (TPSA) is 58.6 Å². The Morgan fingerprint density at radius 3 is 2.57 bits per heavy atom. The second kappa shape index (κ2) is 6.83. The molecule has 0 N–H and O–H groups in total. The molecule has 0 radical (unpaired) electrons. The number of carbonyl (C=O) groups is 1. The number of ether oxygens (including phenoxy) is 1. The van der Waals surface area contributed by atoms with E-state index in [9.17, 15) is 4.79 Å². The molecular formula is C17H26N4O2. The minimum Gasteiger partial charge on any atom is -0.444 e. The van der Waals surface area contributed by atoms with E-state index in [1.807, 2.05) is 6.92 Å². The quantitative estimate of drug-likeness (QED) is 0.853. The van der Waals surface area contributed by atoms with Gasteiger partial charge in [-0.2, -0.15) is 0 Å². The van der Waals surface area contributed by atoms with Crippen LogP contribution in [0.3, 0.4) is 0 Å². The zero-order valence-electron chi connectivity index (χ0n) is 14.2. The van der Waals surface area contributed by atoms with Crippen LogP contribution < -0.4 is 4.90 Å². The summed E-state index contributed by atoms with van der Waals surface area (Å²) < 4.78 is 5.23. The SMILES string of the molecule is CC(C)N1CCC(Cc2nccnc2N2C[C@@H](C)OC2=O)CC1. The fraction of sp³-hybridized carbons (Fsp3) is 0.706. The minimum absolute atomic E-state index is 0.0911. The number of anilines is 1. The van der Waals surface area contributed by atoms with Gasteiger partial charge >= 0.3 is 6.09 Å². The first-order valence-corrected chi connectivity index (χ1v) is 8.56. The largest absolute Gasteiger partial charge is 0.444 e. The predicted molar refractivity (Wildman–Crippen MR) is 88.5 cm³/mol. The van der Waals surface area contributed by atoms with Gasteiger partial charge in [-0.05, 0) is 59.0 Å². The van der Waals surface area contributed by atoms with E-state index >= 15 is 0 Å². The van der Waals surface area contributed by atoms with Crippen LogP contribution in [-0.4, -0.2) is 52.7 Å². The van der Waals surface area contributed by atoms with Crippen LogP contribution in [0.25, 0.3) is 0 Å². The van der Waals surface area contributed by atoms with Crippen LogP contribution in [0.2, 0.25) is 0 Å². The van der Waals surface area contributed by atoms with E-state index in [2.05, 4.69) is 28.7 Å². The summed E-state index contributed by atoms with van der Waals surface area (Å²) in [6, 6.07) is 0.615. The Balaban J connectivity index is 1.68. The van der Waals surface area contributed by atoms with E-state index in [0.29, 0.717) is 24.3 Å². The Morgan fingerprint density at radius 1 is 1.26 bits per heavy atom. The molecule has 0 aliphatic carbocycles. The highest BCUT2D eigenvalue weighted by Gasteiger charge is 2.33. The molecule has 126 valence electrons. The van der Waals surface area contributed by atoms with Crippen molar-refractivity contribution in [2.75, 3.05) is 24.5 Å². The summed E-state index contributed by atoms with van der Waals surface area (Å²) in [5.74, 6) is 1.28. The molecule has 0 spiro atoms. The smallest absolute Gasteiger partial charge is 0.415 e. The van der Waals surface area contributed by atoms with Crippen LogP contribution in [0.1, 0.15) is 39.3 Å². The molecule has 1 aromatic heterocycles. The van der Waals surface area contributed by atoms with E-state index in [0.717, 1.165) is 25.2 Å². The fourth-order valence-electron chi connectivity index (χ4n) is 3.45. The first-order chi connectivity index (χ1) is 11.0. The van der Waals surface area contributed by atoms with Crippen molar-refractivity contribution in [3.8, 4) is 0 Å². The molecule has 0 bridgehead atoms. The Labute approximate surface area is 137 Å². The van der Waals surface area contributed by atoms with Crippen molar-refractivity contribution < 1.29 is 9.53 Å². The van der Waals surface area contributed by atoms with Crippen molar-refractivity contribution in [3.63, 3.8) is 0 Å². The number of aromatic nitrogens is 2. The number of piperidine rings is 1. The van der Waals surface area contributed by atoms with Crippen molar-refractivity contribution in [3.05, 3.63) is 18.1 Å². The van der Waals surface area contributed by atoms with Gasteiger partial charge < -0.3 is 9.64 Å². The predicted octanol–water partition coefficient (Wildman–Crippen LogP) is 2.48. The molecule has 2 aliphatic rings. The fourth-order valence-corrected chi connectivity index (χ4v) is 3.45. The van der Waals surface area contributed by atoms with E-state index in [-0.39, 0.29) is 12.2 Å². The molecule has 0 saturated carbocycles. The van der Waals surface area contributed by atoms with Crippen molar-refractivity contribution >= 4 is 11.9 Å². The van der Waals surface area contributed by atoms with Crippen molar-refractivity contribution in [2.24, 2.45) is 5.92 Å². The van der Waals surface area contributed by atoms with Crippen molar-refractivity contribution in [2.45, 2.75) is 52.2 Å². The van der Waals surface area contributed by atoms with Gasteiger partial charge in [-0.1, -0.05) is 0 Å². The van der Waals surface area contributed by atoms with Crippen LogP contribution >= 0.6 is 0 Å². The highest BCUT2D eigenvalue weighted by molar-refractivity contribution is 5.89. The molecule has 0 aromatic carbocycles. The molecule has 2 fully saturated rings. The van der Waals surface area contributed by atoms with E-state index in [1.54, 1.807) is 17.3 Å². The van der Waals surface area contributed by atoms with Gasteiger partial charge in [-0.15, -0.1) is 0 Å². The molecule has 3 heterocycles. The van der Waals surface area contributed by atoms with Gasteiger partial charge in [0.15, 0.2) is 5.82 Å². The normalized spacial score (nSPS) is 23.6. The summed E-state index contributed by atoms with van der Waals surface area (Å²) in [7, 11) is 0. The zero-order chi connectivity index (χ0) is 16.4. The third-order valence-corrected chi connectivity index (χ3v) is 4.83. The van der Waals surface area contributed by atoms with E-state index < -0.39 is 0 Å². The highest BCUT2D eigenvalue weighted by Crippen LogP contribution is 2.27. The molecule has 0 unspecified atom stereocenters. The number of cyclic esters (lactones) is 1. The van der Waals surface area contributed by atoms with Gasteiger partial charge in [0.2, 0.25) is 0 Å². The molecule has 1 amide bonds. The van der Waals surface area contributed by atoms with Crippen LogP contribution in [0, 0.1) is 5.92 Å². The first kappa shape index (κ1) is 16.2. The molecule has 6 heteroatoms. The van der Waals surface area contributed by atoms with Gasteiger partial charge in [0, 0.05) is 18.4 Å².